The van der Waals surface area contributed by atoms with Crippen molar-refractivity contribution in [2.45, 2.75) is 19.3 Å². The van der Waals surface area contributed by atoms with E-state index < -0.39 is 0 Å². The van der Waals surface area contributed by atoms with Crippen molar-refractivity contribution in [3.05, 3.63) is 29.3 Å². The number of para-hydroxylation sites is 1. The van der Waals surface area contributed by atoms with E-state index in [9.17, 15) is 4.79 Å². The average Bonchev–Trinajstić information content (AvgIpc) is 3.36. The molecule has 3 aliphatic rings. The van der Waals surface area contributed by atoms with Gasteiger partial charge >= 0.3 is 0 Å². The summed E-state index contributed by atoms with van der Waals surface area (Å²) in [4.78, 5) is 17.3. The fourth-order valence-electron chi connectivity index (χ4n) is 4.43. The molecule has 4 rings (SSSR count). The van der Waals surface area contributed by atoms with Gasteiger partial charge in [-0.3, -0.25) is 9.69 Å². The highest BCUT2D eigenvalue weighted by atomic mass is 35.5. The SMILES string of the molecule is Cl.Cl.O=C(C1CC12CCNCC2)N1CCN(CCOc2ccccc2Cl)CC1. The Morgan fingerprint density at radius 3 is 2.50 bits per heavy atom. The Morgan fingerprint density at radius 2 is 1.82 bits per heavy atom. The molecular weight excluding hydrogens is 421 g/mol. The second-order valence-electron chi connectivity index (χ2n) is 7.81. The van der Waals surface area contributed by atoms with Crippen LogP contribution in [0.5, 0.6) is 5.75 Å². The monoisotopic (exact) mass is 449 g/mol. The van der Waals surface area contributed by atoms with E-state index >= 15 is 0 Å². The molecule has 0 bridgehead atoms. The lowest BCUT2D eigenvalue weighted by Crippen LogP contribution is -2.50. The van der Waals surface area contributed by atoms with Crippen LogP contribution in [-0.2, 0) is 4.79 Å². The highest BCUT2D eigenvalue weighted by Crippen LogP contribution is 2.59. The summed E-state index contributed by atoms with van der Waals surface area (Å²) >= 11 is 6.11. The summed E-state index contributed by atoms with van der Waals surface area (Å²) in [6.07, 6.45) is 3.45. The third-order valence-corrected chi connectivity index (χ3v) is 6.59. The largest absolute Gasteiger partial charge is 0.491 e. The number of rotatable bonds is 5. The van der Waals surface area contributed by atoms with E-state index in [0.29, 0.717) is 28.9 Å². The lowest BCUT2D eigenvalue weighted by molar-refractivity contribution is -0.135. The number of nitrogens with one attached hydrogen (secondary N) is 1. The molecule has 3 fully saturated rings. The van der Waals surface area contributed by atoms with Gasteiger partial charge < -0.3 is 15.0 Å². The van der Waals surface area contributed by atoms with Gasteiger partial charge in [-0.1, -0.05) is 23.7 Å². The van der Waals surface area contributed by atoms with Crippen LogP contribution in [-0.4, -0.2) is 68.1 Å². The minimum absolute atomic E-state index is 0. The van der Waals surface area contributed by atoms with Crippen molar-refractivity contribution in [3.63, 3.8) is 0 Å². The topological polar surface area (TPSA) is 44.8 Å². The standard InChI is InChI=1S/C20H28ClN3O2.2ClH/c21-17-3-1-2-4-18(17)26-14-13-23-9-11-24(12-10-23)19(25)16-15-20(16)5-7-22-8-6-20;;/h1-4,16,22H,5-15H2;2*1H. The molecule has 5 nitrogen and oxygen atoms in total. The van der Waals surface area contributed by atoms with Crippen molar-refractivity contribution in [3.8, 4) is 5.75 Å². The molecule has 1 amide bonds. The van der Waals surface area contributed by atoms with E-state index in [0.717, 1.165) is 58.0 Å². The fraction of sp³-hybridized carbons (Fsp3) is 0.650. The van der Waals surface area contributed by atoms with Gasteiger partial charge in [-0.15, -0.1) is 24.8 Å². The smallest absolute Gasteiger partial charge is 0.226 e. The van der Waals surface area contributed by atoms with Crippen molar-refractivity contribution in [2.24, 2.45) is 11.3 Å². The quantitative estimate of drug-likeness (QED) is 0.749. The molecule has 1 N–H and O–H groups in total. The van der Waals surface area contributed by atoms with Crippen LogP contribution in [0.15, 0.2) is 24.3 Å². The van der Waals surface area contributed by atoms with Crippen molar-refractivity contribution in [2.75, 3.05) is 52.4 Å². The molecule has 1 atom stereocenters. The lowest BCUT2D eigenvalue weighted by atomic mass is 9.91. The average molecular weight is 451 g/mol. The predicted molar refractivity (Wildman–Crippen MR) is 117 cm³/mol. The number of carbonyl (C=O) groups is 1. The normalized spacial score (nSPS) is 23.5. The number of piperidine rings is 1. The van der Waals surface area contributed by atoms with Crippen LogP contribution in [0.25, 0.3) is 0 Å². The van der Waals surface area contributed by atoms with Gasteiger partial charge in [0.05, 0.1) is 5.02 Å². The Bertz CT molecular complexity index is 647. The number of hydrogen-bond acceptors (Lipinski definition) is 4. The van der Waals surface area contributed by atoms with Gasteiger partial charge in [-0.25, -0.2) is 0 Å². The van der Waals surface area contributed by atoms with Crippen molar-refractivity contribution in [1.82, 2.24) is 15.1 Å². The molecule has 2 aliphatic heterocycles. The first-order valence-corrected chi connectivity index (χ1v) is 10.1. The molecule has 1 aliphatic carbocycles. The highest BCUT2D eigenvalue weighted by molar-refractivity contribution is 6.32. The molecule has 0 aromatic heterocycles. The number of hydrogen-bond donors (Lipinski definition) is 1. The lowest BCUT2D eigenvalue weighted by Gasteiger charge is -2.35. The van der Waals surface area contributed by atoms with Crippen LogP contribution < -0.4 is 10.1 Å². The molecule has 0 radical (unpaired) electrons. The van der Waals surface area contributed by atoms with Crippen LogP contribution in [0.2, 0.25) is 5.02 Å². The summed E-state index contributed by atoms with van der Waals surface area (Å²) < 4.78 is 5.78. The number of nitrogens with zero attached hydrogens (tertiary/aromatic N) is 2. The van der Waals surface area contributed by atoms with Gasteiger partial charge in [0.2, 0.25) is 5.91 Å². The van der Waals surface area contributed by atoms with Gasteiger partial charge in [0, 0.05) is 38.6 Å². The minimum Gasteiger partial charge on any atom is -0.491 e. The van der Waals surface area contributed by atoms with E-state index in [1.54, 1.807) is 0 Å². The number of piperazine rings is 1. The van der Waals surface area contributed by atoms with Crippen molar-refractivity contribution < 1.29 is 9.53 Å². The van der Waals surface area contributed by atoms with E-state index in [1.807, 2.05) is 24.3 Å². The third-order valence-electron chi connectivity index (χ3n) is 6.27. The van der Waals surface area contributed by atoms with Gasteiger partial charge in [-0.2, -0.15) is 0 Å². The summed E-state index contributed by atoms with van der Waals surface area (Å²) in [5.74, 6) is 1.43. The Labute approximate surface area is 184 Å². The Kier molecular flexibility index (Phi) is 8.71. The number of amides is 1. The zero-order valence-electron chi connectivity index (χ0n) is 16.1. The maximum atomic E-state index is 12.8. The molecule has 1 unspecified atom stereocenters. The molecule has 158 valence electrons. The molecule has 2 heterocycles. The first kappa shape index (κ1) is 23.6. The molecule has 1 aromatic rings. The Hall–Kier alpha value is -0.720. The van der Waals surface area contributed by atoms with E-state index in [-0.39, 0.29) is 24.8 Å². The molecule has 8 heteroatoms. The fourth-order valence-corrected chi connectivity index (χ4v) is 4.62. The third kappa shape index (κ3) is 5.25. The Morgan fingerprint density at radius 1 is 1.14 bits per heavy atom. The summed E-state index contributed by atoms with van der Waals surface area (Å²) in [7, 11) is 0. The van der Waals surface area contributed by atoms with Gasteiger partial charge in [0.25, 0.3) is 0 Å². The number of carbonyl (C=O) groups excluding carboxylic acids is 1. The van der Waals surface area contributed by atoms with Crippen molar-refractivity contribution >= 4 is 42.3 Å². The highest BCUT2D eigenvalue weighted by Gasteiger charge is 2.58. The zero-order chi connectivity index (χ0) is 18.0. The number of ether oxygens (including phenoxy) is 1. The summed E-state index contributed by atoms with van der Waals surface area (Å²) in [6.45, 7) is 7.18. The second-order valence-corrected chi connectivity index (χ2v) is 8.22. The molecule has 1 spiro atoms. The zero-order valence-corrected chi connectivity index (χ0v) is 18.5. The number of benzene rings is 1. The van der Waals surface area contributed by atoms with E-state index in [1.165, 1.54) is 12.8 Å². The van der Waals surface area contributed by atoms with Crippen LogP contribution in [0, 0.1) is 11.3 Å². The van der Waals surface area contributed by atoms with Crippen molar-refractivity contribution in [1.29, 1.82) is 0 Å². The Balaban J connectivity index is 0.00000140. The van der Waals surface area contributed by atoms with Gasteiger partial charge in [0.1, 0.15) is 12.4 Å². The second kappa shape index (κ2) is 10.4. The van der Waals surface area contributed by atoms with Crippen LogP contribution in [0.1, 0.15) is 19.3 Å². The maximum Gasteiger partial charge on any atom is 0.226 e. The maximum absolute atomic E-state index is 12.8. The molecule has 28 heavy (non-hydrogen) atoms. The molecule has 1 aromatic carbocycles. The van der Waals surface area contributed by atoms with Crippen LogP contribution in [0.4, 0.5) is 0 Å². The van der Waals surface area contributed by atoms with Crippen LogP contribution >= 0.6 is 36.4 Å². The van der Waals surface area contributed by atoms with Gasteiger partial charge in [0.15, 0.2) is 0 Å². The van der Waals surface area contributed by atoms with Gasteiger partial charge in [-0.05, 0) is 49.9 Å². The molecular formula is C20H30Cl3N3O2. The molecule has 1 saturated carbocycles. The minimum atomic E-state index is 0. The van der Waals surface area contributed by atoms with E-state index in [2.05, 4.69) is 15.1 Å². The predicted octanol–water partition coefficient (Wildman–Crippen LogP) is 3.10. The number of halogens is 3. The van der Waals surface area contributed by atoms with E-state index in [4.69, 9.17) is 16.3 Å². The summed E-state index contributed by atoms with van der Waals surface area (Å²) in [5, 5.41) is 4.06. The molecule has 2 saturated heterocycles. The first-order chi connectivity index (χ1) is 12.7. The summed E-state index contributed by atoms with van der Waals surface area (Å²) in [5.41, 5.74) is 0.336. The first-order valence-electron chi connectivity index (χ1n) is 9.77. The summed E-state index contributed by atoms with van der Waals surface area (Å²) in [6, 6.07) is 7.57. The van der Waals surface area contributed by atoms with Crippen LogP contribution in [0.3, 0.4) is 0 Å².